The molecule has 1 N–H and O–H groups in total. The fraction of sp³-hybridized carbons (Fsp3) is 0.400. The van der Waals surface area contributed by atoms with Crippen molar-refractivity contribution in [1.29, 1.82) is 0 Å². The first-order chi connectivity index (χ1) is 14.0. The van der Waals surface area contributed by atoms with Crippen LogP contribution in [-0.4, -0.2) is 36.3 Å². The Hall–Kier alpha value is -2.94. The third kappa shape index (κ3) is 4.40. The van der Waals surface area contributed by atoms with Gasteiger partial charge in [0.1, 0.15) is 29.2 Å². The molecule has 1 aliphatic rings. The number of amides is 1. The number of rotatable bonds is 8. The lowest BCUT2D eigenvalue weighted by Crippen LogP contribution is -2.11. The van der Waals surface area contributed by atoms with Gasteiger partial charge in [-0.1, -0.05) is 23.0 Å². The number of benzene rings is 1. The second-order valence-corrected chi connectivity index (χ2v) is 7.48. The lowest BCUT2D eigenvalue weighted by atomic mass is 9.94. The standard InChI is InChI=1S/C20H23N3O5S/c1-11(6-8-15(24)22-20-23-21-10-29-20)5-7-13-17(26-3)12(2)14-9-28-19(25)16(14)18(13)27-4/h5,10H,6-9H2,1-4H3,(H,22,23,24)/b11-5+. The molecule has 0 saturated carbocycles. The van der Waals surface area contributed by atoms with Crippen LogP contribution in [0.1, 0.15) is 46.8 Å². The Bertz CT molecular complexity index is 954. The van der Waals surface area contributed by atoms with E-state index in [9.17, 15) is 9.59 Å². The highest BCUT2D eigenvalue weighted by molar-refractivity contribution is 7.13. The molecule has 0 aliphatic carbocycles. The van der Waals surface area contributed by atoms with Crippen molar-refractivity contribution in [2.75, 3.05) is 19.5 Å². The summed E-state index contributed by atoms with van der Waals surface area (Å²) in [4.78, 5) is 24.2. The molecule has 0 spiro atoms. The molecule has 154 valence electrons. The van der Waals surface area contributed by atoms with Gasteiger partial charge in [-0.25, -0.2) is 4.79 Å². The topological polar surface area (TPSA) is 99.6 Å². The van der Waals surface area contributed by atoms with Crippen LogP contribution in [-0.2, 0) is 22.6 Å². The number of carbonyl (C=O) groups excluding carboxylic acids is 2. The van der Waals surface area contributed by atoms with Gasteiger partial charge in [0.05, 0.1) is 14.2 Å². The van der Waals surface area contributed by atoms with Gasteiger partial charge in [0.2, 0.25) is 11.0 Å². The zero-order valence-electron chi connectivity index (χ0n) is 16.8. The van der Waals surface area contributed by atoms with Crippen molar-refractivity contribution in [3.05, 3.63) is 39.4 Å². The van der Waals surface area contributed by atoms with Crippen LogP contribution in [0.25, 0.3) is 0 Å². The Morgan fingerprint density at radius 2 is 2.07 bits per heavy atom. The van der Waals surface area contributed by atoms with E-state index in [1.807, 2.05) is 19.9 Å². The number of methoxy groups -OCH3 is 2. The lowest BCUT2D eigenvalue weighted by molar-refractivity contribution is -0.116. The van der Waals surface area contributed by atoms with Gasteiger partial charge in [-0.15, -0.1) is 10.2 Å². The Morgan fingerprint density at radius 1 is 1.31 bits per heavy atom. The molecule has 0 radical (unpaired) electrons. The van der Waals surface area contributed by atoms with E-state index in [0.29, 0.717) is 41.5 Å². The number of hydrogen-bond acceptors (Lipinski definition) is 8. The van der Waals surface area contributed by atoms with Crippen LogP contribution in [0.3, 0.4) is 0 Å². The number of cyclic esters (lactones) is 1. The Labute approximate surface area is 172 Å². The van der Waals surface area contributed by atoms with Crippen molar-refractivity contribution in [2.24, 2.45) is 0 Å². The van der Waals surface area contributed by atoms with Crippen molar-refractivity contribution in [1.82, 2.24) is 10.2 Å². The van der Waals surface area contributed by atoms with Gasteiger partial charge >= 0.3 is 5.97 Å². The molecular formula is C20H23N3O5S. The number of allylic oxidation sites excluding steroid dienone is 2. The second kappa shape index (κ2) is 9.04. The number of aromatic nitrogens is 2. The fourth-order valence-corrected chi connectivity index (χ4v) is 3.79. The molecule has 2 heterocycles. The number of anilines is 1. The lowest BCUT2D eigenvalue weighted by Gasteiger charge is -2.18. The van der Waals surface area contributed by atoms with Gasteiger partial charge in [-0.2, -0.15) is 0 Å². The van der Waals surface area contributed by atoms with Crippen LogP contribution < -0.4 is 14.8 Å². The number of nitrogens with one attached hydrogen (secondary N) is 1. The molecule has 0 atom stereocenters. The Balaban J connectivity index is 1.75. The van der Waals surface area contributed by atoms with Crippen molar-refractivity contribution >= 4 is 28.3 Å². The Kier molecular flexibility index (Phi) is 6.48. The van der Waals surface area contributed by atoms with Gasteiger partial charge in [0.15, 0.2) is 0 Å². The van der Waals surface area contributed by atoms with Crippen LogP contribution in [0.5, 0.6) is 11.5 Å². The van der Waals surface area contributed by atoms with Gasteiger partial charge in [-0.05, 0) is 32.3 Å². The molecule has 1 aromatic heterocycles. The highest BCUT2D eigenvalue weighted by Gasteiger charge is 2.32. The Morgan fingerprint density at radius 3 is 2.72 bits per heavy atom. The van der Waals surface area contributed by atoms with E-state index < -0.39 is 0 Å². The molecule has 2 aromatic rings. The third-order valence-electron chi connectivity index (χ3n) is 4.84. The van der Waals surface area contributed by atoms with Gasteiger partial charge in [0.25, 0.3) is 0 Å². The number of nitrogens with zero attached hydrogens (tertiary/aromatic N) is 2. The van der Waals surface area contributed by atoms with E-state index in [0.717, 1.165) is 22.3 Å². The van der Waals surface area contributed by atoms with Crippen molar-refractivity contribution in [2.45, 2.75) is 39.7 Å². The molecule has 1 amide bonds. The molecule has 1 aliphatic heterocycles. The van der Waals surface area contributed by atoms with Crippen LogP contribution in [0.2, 0.25) is 0 Å². The molecule has 0 unspecified atom stereocenters. The minimum absolute atomic E-state index is 0.110. The van der Waals surface area contributed by atoms with Gasteiger partial charge in [0, 0.05) is 17.5 Å². The first-order valence-electron chi connectivity index (χ1n) is 9.11. The average molecular weight is 417 g/mol. The summed E-state index contributed by atoms with van der Waals surface area (Å²) in [5.41, 5.74) is 5.57. The summed E-state index contributed by atoms with van der Waals surface area (Å²) in [6.07, 6.45) is 3.47. The van der Waals surface area contributed by atoms with Gasteiger partial charge < -0.3 is 19.5 Å². The maximum Gasteiger partial charge on any atom is 0.342 e. The summed E-state index contributed by atoms with van der Waals surface area (Å²) in [5.74, 6) is 0.693. The summed E-state index contributed by atoms with van der Waals surface area (Å²) >= 11 is 1.28. The van der Waals surface area contributed by atoms with E-state index in [1.54, 1.807) is 12.6 Å². The molecule has 0 fully saturated rings. The predicted molar refractivity (Wildman–Crippen MR) is 109 cm³/mol. The summed E-state index contributed by atoms with van der Waals surface area (Å²) in [7, 11) is 3.14. The van der Waals surface area contributed by atoms with E-state index in [4.69, 9.17) is 14.2 Å². The maximum absolute atomic E-state index is 12.2. The molecule has 3 rings (SSSR count). The molecule has 8 nitrogen and oxygen atoms in total. The summed E-state index contributed by atoms with van der Waals surface area (Å²) in [6, 6.07) is 0. The normalized spacial score (nSPS) is 13.1. The van der Waals surface area contributed by atoms with Gasteiger partial charge in [-0.3, -0.25) is 4.79 Å². The van der Waals surface area contributed by atoms with E-state index in [1.165, 1.54) is 18.4 Å². The molecule has 29 heavy (non-hydrogen) atoms. The average Bonchev–Trinajstić information content (AvgIpc) is 3.35. The molecule has 0 bridgehead atoms. The number of ether oxygens (including phenoxy) is 3. The number of esters is 1. The number of hydrogen-bond donors (Lipinski definition) is 1. The zero-order valence-corrected chi connectivity index (χ0v) is 17.6. The predicted octanol–water partition coefficient (Wildman–Crippen LogP) is 3.44. The summed E-state index contributed by atoms with van der Waals surface area (Å²) in [5, 5.41) is 10.7. The summed E-state index contributed by atoms with van der Waals surface area (Å²) < 4.78 is 16.4. The number of carbonyl (C=O) groups is 2. The second-order valence-electron chi connectivity index (χ2n) is 6.65. The monoisotopic (exact) mass is 417 g/mol. The minimum atomic E-state index is -0.377. The van der Waals surface area contributed by atoms with Crippen LogP contribution in [0.4, 0.5) is 5.13 Å². The highest BCUT2D eigenvalue weighted by atomic mass is 32.1. The number of fused-ring (bicyclic) bond motifs is 1. The SMILES string of the molecule is COc1c(C)c2c(c(OC)c1C/C=C(\C)CCC(=O)Nc1nncs1)C(=O)OC2. The van der Waals surface area contributed by atoms with Crippen LogP contribution in [0, 0.1) is 6.92 Å². The van der Waals surface area contributed by atoms with Crippen molar-refractivity contribution in [3.8, 4) is 11.5 Å². The third-order valence-corrected chi connectivity index (χ3v) is 5.44. The highest BCUT2D eigenvalue weighted by Crippen LogP contribution is 2.42. The summed E-state index contributed by atoms with van der Waals surface area (Å²) in [6.45, 7) is 4.11. The van der Waals surface area contributed by atoms with Crippen molar-refractivity contribution < 1.29 is 23.8 Å². The van der Waals surface area contributed by atoms with Crippen LogP contribution in [0.15, 0.2) is 17.2 Å². The quantitative estimate of drug-likeness (QED) is 0.519. The van der Waals surface area contributed by atoms with Crippen molar-refractivity contribution in [3.63, 3.8) is 0 Å². The van der Waals surface area contributed by atoms with E-state index in [-0.39, 0.29) is 18.5 Å². The first-order valence-corrected chi connectivity index (χ1v) is 9.99. The minimum Gasteiger partial charge on any atom is -0.496 e. The fourth-order valence-electron chi connectivity index (χ4n) is 3.33. The van der Waals surface area contributed by atoms with E-state index >= 15 is 0 Å². The zero-order chi connectivity index (χ0) is 21.0. The molecule has 9 heteroatoms. The maximum atomic E-state index is 12.2. The smallest absolute Gasteiger partial charge is 0.342 e. The largest absolute Gasteiger partial charge is 0.496 e. The molecule has 0 saturated heterocycles. The molecule has 1 aromatic carbocycles. The van der Waals surface area contributed by atoms with Crippen LogP contribution >= 0.6 is 11.3 Å². The first kappa shape index (κ1) is 20.8. The molecular weight excluding hydrogens is 394 g/mol. The van der Waals surface area contributed by atoms with E-state index in [2.05, 4.69) is 15.5 Å².